The highest BCUT2D eigenvalue weighted by molar-refractivity contribution is 7.98. The normalized spacial score (nSPS) is 11.9. The molecule has 7 heteroatoms. The summed E-state index contributed by atoms with van der Waals surface area (Å²) in [6.45, 7) is 6.76. The number of hydrogen-bond donors (Lipinski definition) is 1. The van der Waals surface area contributed by atoms with Gasteiger partial charge in [0, 0.05) is 46.6 Å². The SMILES string of the molecule is CCC(C(=O)NCC(C)C)N(Cc1c(Cl)cccc1Cl)C(=O)CCSCc1ccccc1. The third-order valence-electron chi connectivity index (χ3n) is 5.03. The molecule has 4 nitrogen and oxygen atoms in total. The first-order valence-electron chi connectivity index (χ1n) is 10.9. The summed E-state index contributed by atoms with van der Waals surface area (Å²) in [5.74, 6) is 1.62. The van der Waals surface area contributed by atoms with Gasteiger partial charge in [-0.25, -0.2) is 0 Å². The standard InChI is InChI=1S/C25H32Cl2N2O2S/c1-4-23(25(31)28-15-18(2)3)29(16-20-21(26)11-8-12-22(20)27)24(30)13-14-32-17-19-9-6-5-7-10-19/h5-12,18,23H,4,13-17H2,1-3H3,(H,28,31). The van der Waals surface area contributed by atoms with Crippen molar-refractivity contribution in [1.82, 2.24) is 10.2 Å². The van der Waals surface area contributed by atoms with Crippen LogP contribution in [-0.4, -0.2) is 35.1 Å². The van der Waals surface area contributed by atoms with Gasteiger partial charge in [0.1, 0.15) is 6.04 Å². The van der Waals surface area contributed by atoms with Gasteiger partial charge in [0.2, 0.25) is 11.8 Å². The van der Waals surface area contributed by atoms with Gasteiger partial charge < -0.3 is 10.2 Å². The Labute approximate surface area is 206 Å². The van der Waals surface area contributed by atoms with Crippen molar-refractivity contribution in [2.24, 2.45) is 5.92 Å². The topological polar surface area (TPSA) is 49.4 Å². The Morgan fingerprint density at radius 2 is 1.69 bits per heavy atom. The fourth-order valence-corrected chi connectivity index (χ4v) is 4.67. The summed E-state index contributed by atoms with van der Waals surface area (Å²) in [6, 6.07) is 14.9. The van der Waals surface area contributed by atoms with E-state index >= 15 is 0 Å². The number of amides is 2. The zero-order chi connectivity index (χ0) is 23.5. The second-order valence-corrected chi connectivity index (χ2v) is 9.99. The van der Waals surface area contributed by atoms with Crippen LogP contribution in [0.1, 0.15) is 44.7 Å². The van der Waals surface area contributed by atoms with Gasteiger partial charge >= 0.3 is 0 Å². The summed E-state index contributed by atoms with van der Waals surface area (Å²) in [5.41, 5.74) is 1.89. The van der Waals surface area contributed by atoms with E-state index in [9.17, 15) is 9.59 Å². The summed E-state index contributed by atoms with van der Waals surface area (Å²) in [7, 11) is 0. The number of thioether (sulfide) groups is 1. The van der Waals surface area contributed by atoms with E-state index in [2.05, 4.69) is 17.4 Å². The molecule has 2 amide bonds. The summed E-state index contributed by atoms with van der Waals surface area (Å²) in [4.78, 5) is 27.8. The van der Waals surface area contributed by atoms with Gasteiger partial charge in [0.15, 0.2) is 0 Å². The average Bonchev–Trinajstić information content (AvgIpc) is 2.77. The van der Waals surface area contributed by atoms with Gasteiger partial charge in [-0.2, -0.15) is 11.8 Å². The maximum absolute atomic E-state index is 13.3. The Morgan fingerprint density at radius 1 is 1.03 bits per heavy atom. The molecule has 0 spiro atoms. The van der Waals surface area contributed by atoms with E-state index in [1.165, 1.54) is 5.56 Å². The van der Waals surface area contributed by atoms with Gasteiger partial charge in [-0.05, 0) is 30.0 Å². The summed E-state index contributed by atoms with van der Waals surface area (Å²) >= 11 is 14.5. The maximum Gasteiger partial charge on any atom is 0.242 e. The number of carbonyl (C=O) groups is 2. The Morgan fingerprint density at radius 3 is 2.28 bits per heavy atom. The zero-order valence-electron chi connectivity index (χ0n) is 18.9. The lowest BCUT2D eigenvalue weighted by Gasteiger charge is -2.31. The maximum atomic E-state index is 13.3. The summed E-state index contributed by atoms with van der Waals surface area (Å²) < 4.78 is 0. The lowest BCUT2D eigenvalue weighted by molar-refractivity contribution is -0.141. The number of rotatable bonds is 12. The van der Waals surface area contributed by atoms with E-state index in [-0.39, 0.29) is 18.4 Å². The van der Waals surface area contributed by atoms with Crippen molar-refractivity contribution in [2.75, 3.05) is 12.3 Å². The molecule has 0 fully saturated rings. The van der Waals surface area contributed by atoms with E-state index in [0.29, 0.717) is 46.7 Å². The number of halogens is 2. The minimum atomic E-state index is -0.576. The third kappa shape index (κ3) is 8.34. The number of hydrogen-bond acceptors (Lipinski definition) is 3. The summed E-state index contributed by atoms with van der Waals surface area (Å²) in [5, 5.41) is 3.95. The predicted octanol–water partition coefficient (Wildman–Crippen LogP) is 6.20. The van der Waals surface area contributed by atoms with Crippen molar-refractivity contribution in [3.05, 3.63) is 69.7 Å². The van der Waals surface area contributed by atoms with Crippen LogP contribution in [0.5, 0.6) is 0 Å². The molecule has 2 aromatic rings. The van der Waals surface area contributed by atoms with E-state index in [1.54, 1.807) is 34.9 Å². The molecule has 0 aromatic heterocycles. The molecule has 2 rings (SSSR count). The van der Waals surface area contributed by atoms with Gasteiger partial charge in [0.25, 0.3) is 0 Å². The first kappa shape index (κ1) is 26.6. The van der Waals surface area contributed by atoms with Crippen molar-refractivity contribution < 1.29 is 9.59 Å². The highest BCUT2D eigenvalue weighted by Gasteiger charge is 2.29. The van der Waals surface area contributed by atoms with Gasteiger partial charge in [-0.15, -0.1) is 0 Å². The van der Waals surface area contributed by atoms with Crippen LogP contribution in [0.4, 0.5) is 0 Å². The van der Waals surface area contributed by atoms with Crippen molar-refractivity contribution in [3.8, 4) is 0 Å². The largest absolute Gasteiger partial charge is 0.354 e. The van der Waals surface area contributed by atoms with Crippen molar-refractivity contribution in [2.45, 2.75) is 52.0 Å². The van der Waals surface area contributed by atoms with E-state index in [4.69, 9.17) is 23.2 Å². The fourth-order valence-electron chi connectivity index (χ4n) is 3.26. The Kier molecular flexibility index (Phi) is 11.4. The molecule has 32 heavy (non-hydrogen) atoms. The quantitative estimate of drug-likeness (QED) is 0.357. The lowest BCUT2D eigenvalue weighted by atomic mass is 10.1. The van der Waals surface area contributed by atoms with E-state index in [0.717, 1.165) is 5.75 Å². The molecule has 0 heterocycles. The molecule has 0 radical (unpaired) electrons. The Bertz CT molecular complexity index is 857. The minimum absolute atomic E-state index is 0.0758. The smallest absolute Gasteiger partial charge is 0.242 e. The van der Waals surface area contributed by atoms with E-state index in [1.807, 2.05) is 39.0 Å². The number of nitrogens with one attached hydrogen (secondary N) is 1. The van der Waals surface area contributed by atoms with Crippen molar-refractivity contribution in [1.29, 1.82) is 0 Å². The first-order chi connectivity index (χ1) is 15.3. The molecule has 1 unspecified atom stereocenters. The number of nitrogens with zero attached hydrogens (tertiary/aromatic N) is 1. The molecule has 0 saturated carbocycles. The Balaban J connectivity index is 2.12. The van der Waals surface area contributed by atoms with Crippen LogP contribution in [0.3, 0.4) is 0 Å². The highest BCUT2D eigenvalue weighted by Crippen LogP contribution is 2.27. The van der Waals surface area contributed by atoms with Crippen LogP contribution in [0.2, 0.25) is 10.0 Å². The number of carbonyl (C=O) groups excluding carboxylic acids is 2. The molecule has 1 N–H and O–H groups in total. The zero-order valence-corrected chi connectivity index (χ0v) is 21.3. The van der Waals surface area contributed by atoms with Crippen LogP contribution >= 0.6 is 35.0 Å². The van der Waals surface area contributed by atoms with Crippen LogP contribution < -0.4 is 5.32 Å². The molecule has 0 aliphatic heterocycles. The monoisotopic (exact) mass is 494 g/mol. The first-order valence-corrected chi connectivity index (χ1v) is 12.9. The van der Waals surface area contributed by atoms with Crippen LogP contribution in [0.25, 0.3) is 0 Å². The molecular weight excluding hydrogens is 463 g/mol. The molecule has 0 saturated heterocycles. The van der Waals surface area contributed by atoms with Gasteiger partial charge in [-0.3, -0.25) is 9.59 Å². The molecular formula is C25H32Cl2N2O2S. The number of benzene rings is 2. The van der Waals surface area contributed by atoms with Crippen LogP contribution in [-0.2, 0) is 21.9 Å². The third-order valence-corrected chi connectivity index (χ3v) is 6.77. The lowest BCUT2D eigenvalue weighted by Crippen LogP contribution is -2.49. The fraction of sp³-hybridized carbons (Fsp3) is 0.440. The minimum Gasteiger partial charge on any atom is -0.354 e. The molecule has 0 bridgehead atoms. The van der Waals surface area contributed by atoms with E-state index < -0.39 is 6.04 Å². The Hall–Kier alpha value is -1.69. The second-order valence-electron chi connectivity index (χ2n) is 8.07. The van der Waals surface area contributed by atoms with Crippen LogP contribution in [0, 0.1) is 5.92 Å². The summed E-state index contributed by atoms with van der Waals surface area (Å²) in [6.07, 6.45) is 0.850. The van der Waals surface area contributed by atoms with Gasteiger partial charge in [0.05, 0.1) is 0 Å². The average molecular weight is 496 g/mol. The van der Waals surface area contributed by atoms with Crippen LogP contribution in [0.15, 0.2) is 48.5 Å². The second kappa shape index (κ2) is 13.8. The predicted molar refractivity (Wildman–Crippen MR) is 136 cm³/mol. The highest BCUT2D eigenvalue weighted by atomic mass is 35.5. The van der Waals surface area contributed by atoms with Gasteiger partial charge in [-0.1, -0.05) is 80.4 Å². The molecule has 174 valence electrons. The van der Waals surface area contributed by atoms with Crippen molar-refractivity contribution >= 4 is 46.8 Å². The van der Waals surface area contributed by atoms with Crippen molar-refractivity contribution in [3.63, 3.8) is 0 Å². The molecule has 0 aliphatic carbocycles. The molecule has 0 aliphatic rings. The molecule has 2 aromatic carbocycles. The molecule has 1 atom stereocenters.